The van der Waals surface area contributed by atoms with Gasteiger partial charge in [0.15, 0.2) is 5.69 Å². The molecule has 24 heavy (non-hydrogen) atoms. The van der Waals surface area contributed by atoms with Gasteiger partial charge in [0, 0.05) is 17.8 Å². The predicted molar refractivity (Wildman–Crippen MR) is 84.8 cm³/mol. The fourth-order valence-corrected chi connectivity index (χ4v) is 3.07. The Kier molecular flexibility index (Phi) is 4.33. The summed E-state index contributed by atoms with van der Waals surface area (Å²) in [5, 5.41) is 13.3. The van der Waals surface area contributed by atoms with Gasteiger partial charge in [-0.1, -0.05) is 12.1 Å². The Balaban J connectivity index is 2.05. The number of carbonyl (C=O) groups is 2. The Morgan fingerprint density at radius 3 is 2.75 bits per heavy atom. The van der Waals surface area contributed by atoms with Crippen LogP contribution in [-0.4, -0.2) is 44.8 Å². The van der Waals surface area contributed by atoms with Crippen molar-refractivity contribution in [2.75, 3.05) is 13.1 Å². The van der Waals surface area contributed by atoms with Crippen molar-refractivity contribution < 1.29 is 19.1 Å². The van der Waals surface area contributed by atoms with Crippen LogP contribution in [0.5, 0.6) is 0 Å². The van der Waals surface area contributed by atoms with Gasteiger partial charge in [-0.2, -0.15) is 5.10 Å². The lowest BCUT2D eigenvalue weighted by atomic mass is 10.2. The number of nitrogens with zero attached hydrogens (tertiary/aromatic N) is 3. The molecule has 1 amide bonds. The van der Waals surface area contributed by atoms with Crippen LogP contribution >= 0.6 is 0 Å². The van der Waals surface area contributed by atoms with Crippen molar-refractivity contribution in [2.24, 2.45) is 0 Å². The number of rotatable bonds is 5. The number of para-hydroxylation sites is 1. The Bertz CT molecular complexity index is 800. The summed E-state index contributed by atoms with van der Waals surface area (Å²) in [6.45, 7) is 1.61. The molecule has 1 aromatic carbocycles. The second-order valence-electron chi connectivity index (χ2n) is 5.70. The number of halogens is 1. The van der Waals surface area contributed by atoms with E-state index in [1.807, 2.05) is 0 Å². The average molecular weight is 331 g/mol. The van der Waals surface area contributed by atoms with Crippen LogP contribution < -0.4 is 0 Å². The second-order valence-corrected chi connectivity index (χ2v) is 5.70. The summed E-state index contributed by atoms with van der Waals surface area (Å²) in [7, 11) is 0. The molecule has 2 aromatic rings. The van der Waals surface area contributed by atoms with Gasteiger partial charge >= 0.3 is 5.97 Å². The van der Waals surface area contributed by atoms with Crippen LogP contribution in [-0.2, 0) is 17.6 Å². The zero-order valence-electron chi connectivity index (χ0n) is 13.3. The molecule has 0 fully saturated rings. The molecule has 0 saturated heterocycles. The lowest BCUT2D eigenvalue weighted by Gasteiger charge is -2.17. The molecule has 7 heteroatoms. The Morgan fingerprint density at radius 2 is 2.08 bits per heavy atom. The smallest absolute Gasteiger partial charge is 0.323 e. The summed E-state index contributed by atoms with van der Waals surface area (Å²) in [6.07, 6.45) is 2.28. The normalized spacial score (nSPS) is 12.9. The summed E-state index contributed by atoms with van der Waals surface area (Å²) in [5.74, 6) is -1.91. The molecule has 0 aliphatic heterocycles. The van der Waals surface area contributed by atoms with Crippen LogP contribution in [0.25, 0.3) is 5.69 Å². The maximum atomic E-state index is 14.1. The van der Waals surface area contributed by atoms with Crippen molar-refractivity contribution >= 4 is 11.9 Å². The van der Waals surface area contributed by atoms with Gasteiger partial charge in [0.2, 0.25) is 0 Å². The van der Waals surface area contributed by atoms with Crippen LogP contribution in [0.1, 0.15) is 35.1 Å². The van der Waals surface area contributed by atoms with Gasteiger partial charge in [-0.15, -0.1) is 0 Å². The molecular formula is C17H18FN3O3. The monoisotopic (exact) mass is 331 g/mol. The highest BCUT2D eigenvalue weighted by Gasteiger charge is 2.30. The minimum Gasteiger partial charge on any atom is -0.480 e. The Hall–Kier alpha value is -2.70. The predicted octanol–water partition coefficient (Wildman–Crippen LogP) is 2.05. The summed E-state index contributed by atoms with van der Waals surface area (Å²) >= 11 is 0. The SMILES string of the molecule is CCN(CC(=O)O)C(=O)c1nn(-c2ccccc2F)c2c1CCC2. The number of carbonyl (C=O) groups excluding carboxylic acids is 1. The quantitative estimate of drug-likeness (QED) is 0.910. The lowest BCUT2D eigenvalue weighted by molar-refractivity contribution is -0.137. The number of hydrogen-bond acceptors (Lipinski definition) is 3. The second kappa shape index (κ2) is 6.43. The molecular weight excluding hydrogens is 313 g/mol. The van der Waals surface area contributed by atoms with Crippen molar-refractivity contribution in [3.8, 4) is 5.69 Å². The molecule has 1 N–H and O–H groups in total. The number of aromatic nitrogens is 2. The standard InChI is InChI=1S/C17H18FN3O3/c1-2-20(10-15(22)23)17(24)16-11-6-5-9-13(11)21(19-16)14-8-4-3-7-12(14)18/h3-4,7-8H,2,5-6,9-10H2,1H3,(H,22,23). The van der Waals surface area contributed by atoms with Crippen molar-refractivity contribution in [3.63, 3.8) is 0 Å². The van der Waals surface area contributed by atoms with Crippen LogP contribution in [0.15, 0.2) is 24.3 Å². The van der Waals surface area contributed by atoms with E-state index in [0.29, 0.717) is 12.1 Å². The molecule has 1 aromatic heterocycles. The van der Waals surface area contributed by atoms with E-state index in [9.17, 15) is 14.0 Å². The number of amides is 1. The molecule has 6 nitrogen and oxygen atoms in total. The van der Waals surface area contributed by atoms with Gasteiger partial charge in [0.1, 0.15) is 18.0 Å². The van der Waals surface area contributed by atoms with Crippen LogP contribution in [0.3, 0.4) is 0 Å². The first-order valence-corrected chi connectivity index (χ1v) is 7.89. The zero-order chi connectivity index (χ0) is 17.3. The largest absolute Gasteiger partial charge is 0.480 e. The molecule has 0 unspecified atom stereocenters. The van der Waals surface area contributed by atoms with Crippen LogP contribution in [0, 0.1) is 5.82 Å². The summed E-state index contributed by atoms with van der Waals surface area (Å²) in [6, 6.07) is 6.28. The van der Waals surface area contributed by atoms with Crippen molar-refractivity contribution in [3.05, 3.63) is 47.0 Å². The number of aliphatic carboxylic acids is 1. The zero-order valence-corrected chi connectivity index (χ0v) is 13.3. The topological polar surface area (TPSA) is 75.4 Å². The number of carboxylic acid groups (broad SMARTS) is 1. The van der Waals surface area contributed by atoms with Gasteiger partial charge in [-0.3, -0.25) is 9.59 Å². The summed E-state index contributed by atoms with van der Waals surface area (Å²) < 4.78 is 15.6. The molecule has 0 bridgehead atoms. The van der Waals surface area contributed by atoms with Gasteiger partial charge in [-0.25, -0.2) is 9.07 Å². The molecule has 0 atom stereocenters. The number of hydrogen-bond donors (Lipinski definition) is 1. The maximum Gasteiger partial charge on any atom is 0.323 e. The highest BCUT2D eigenvalue weighted by Crippen LogP contribution is 2.29. The number of benzene rings is 1. The lowest BCUT2D eigenvalue weighted by Crippen LogP contribution is -2.36. The van der Waals surface area contributed by atoms with Crippen LogP contribution in [0.4, 0.5) is 4.39 Å². The summed E-state index contributed by atoms with van der Waals surface area (Å²) in [4.78, 5) is 24.9. The third-order valence-electron chi connectivity index (χ3n) is 4.21. The Morgan fingerprint density at radius 1 is 1.33 bits per heavy atom. The third kappa shape index (κ3) is 2.77. The molecule has 3 rings (SSSR count). The molecule has 126 valence electrons. The number of carboxylic acids is 1. The van der Waals surface area contributed by atoms with Gasteiger partial charge in [-0.05, 0) is 38.3 Å². The van der Waals surface area contributed by atoms with E-state index < -0.39 is 17.7 Å². The highest BCUT2D eigenvalue weighted by atomic mass is 19.1. The minimum absolute atomic E-state index is 0.230. The van der Waals surface area contributed by atoms with E-state index in [2.05, 4.69) is 5.10 Å². The van der Waals surface area contributed by atoms with Gasteiger partial charge in [0.25, 0.3) is 5.91 Å². The van der Waals surface area contributed by atoms with Gasteiger partial charge in [0.05, 0.1) is 0 Å². The molecule has 0 spiro atoms. The Labute approximate surface area is 138 Å². The minimum atomic E-state index is -1.07. The first-order chi connectivity index (χ1) is 11.5. The summed E-state index contributed by atoms with van der Waals surface area (Å²) in [5.41, 5.74) is 2.16. The highest BCUT2D eigenvalue weighted by molar-refractivity contribution is 5.96. The van der Waals surface area contributed by atoms with Crippen molar-refractivity contribution in [2.45, 2.75) is 26.2 Å². The number of likely N-dealkylation sites (N-methyl/N-ethyl adjacent to an activating group) is 1. The molecule has 0 saturated carbocycles. The van der Waals surface area contributed by atoms with Gasteiger partial charge < -0.3 is 10.0 Å². The van der Waals surface area contributed by atoms with Crippen molar-refractivity contribution in [1.29, 1.82) is 0 Å². The van der Waals surface area contributed by atoms with E-state index in [1.54, 1.807) is 25.1 Å². The molecule has 0 radical (unpaired) electrons. The fourth-order valence-electron chi connectivity index (χ4n) is 3.07. The molecule has 1 aliphatic rings. The first-order valence-electron chi connectivity index (χ1n) is 7.89. The van der Waals surface area contributed by atoms with E-state index in [0.717, 1.165) is 24.1 Å². The molecule has 1 heterocycles. The third-order valence-corrected chi connectivity index (χ3v) is 4.21. The number of fused-ring (bicyclic) bond motifs is 1. The fraction of sp³-hybridized carbons (Fsp3) is 0.353. The van der Waals surface area contributed by atoms with E-state index in [4.69, 9.17) is 5.11 Å². The van der Waals surface area contributed by atoms with E-state index in [1.165, 1.54) is 15.6 Å². The van der Waals surface area contributed by atoms with Crippen LogP contribution in [0.2, 0.25) is 0 Å². The first kappa shape index (κ1) is 16.2. The average Bonchev–Trinajstić information content (AvgIpc) is 3.15. The molecule has 1 aliphatic carbocycles. The van der Waals surface area contributed by atoms with E-state index in [-0.39, 0.29) is 18.8 Å². The van der Waals surface area contributed by atoms with E-state index >= 15 is 0 Å². The maximum absolute atomic E-state index is 14.1. The van der Waals surface area contributed by atoms with Crippen molar-refractivity contribution in [1.82, 2.24) is 14.7 Å².